The average Bonchev–Trinajstić information content (AvgIpc) is 2.63. The van der Waals surface area contributed by atoms with Gasteiger partial charge in [0.2, 0.25) is 0 Å². The van der Waals surface area contributed by atoms with E-state index in [-0.39, 0.29) is 0 Å². The third-order valence-corrected chi connectivity index (χ3v) is 5.00. The van der Waals surface area contributed by atoms with Gasteiger partial charge in [-0.05, 0) is 24.0 Å². The molecule has 2 aromatic carbocycles. The molecule has 0 atom stereocenters. The summed E-state index contributed by atoms with van der Waals surface area (Å²) in [4.78, 5) is 0. The van der Waals surface area contributed by atoms with Gasteiger partial charge in [0.1, 0.15) is 5.60 Å². The molecule has 2 heteroatoms. The van der Waals surface area contributed by atoms with Crippen LogP contribution < -0.4 is 0 Å². The quantitative estimate of drug-likeness (QED) is 0.911. The zero-order valence-electron chi connectivity index (χ0n) is 12.7. The van der Waals surface area contributed by atoms with Gasteiger partial charge in [-0.25, -0.2) is 0 Å². The number of hydrogen-bond donors (Lipinski definition) is 1. The Labute approximate surface area is 132 Å². The van der Waals surface area contributed by atoms with Gasteiger partial charge in [-0.15, -0.1) is 0 Å². The van der Waals surface area contributed by atoms with Crippen LogP contribution in [0.4, 0.5) is 0 Å². The van der Waals surface area contributed by atoms with Crippen molar-refractivity contribution in [2.45, 2.75) is 37.7 Å². The highest BCUT2D eigenvalue weighted by atomic mass is 16.3. The van der Waals surface area contributed by atoms with Gasteiger partial charge in [-0.3, -0.25) is 0 Å². The fourth-order valence-electron chi connectivity index (χ4n) is 3.79. The van der Waals surface area contributed by atoms with Crippen molar-refractivity contribution in [2.24, 2.45) is 5.41 Å². The Morgan fingerprint density at radius 2 is 1.27 bits per heavy atom. The van der Waals surface area contributed by atoms with Crippen molar-refractivity contribution < 1.29 is 5.11 Å². The minimum atomic E-state index is -1.26. The lowest BCUT2D eigenvalue weighted by Gasteiger charge is -2.45. The first-order valence-corrected chi connectivity index (χ1v) is 7.98. The zero-order chi connectivity index (χ0) is 15.5. The number of benzene rings is 2. The highest BCUT2D eigenvalue weighted by molar-refractivity contribution is 5.41. The summed E-state index contributed by atoms with van der Waals surface area (Å²) in [5.41, 5.74) is -0.396. The smallest absolute Gasteiger partial charge is 0.133 e. The third-order valence-electron chi connectivity index (χ3n) is 5.00. The second kappa shape index (κ2) is 5.94. The number of nitriles is 1. The van der Waals surface area contributed by atoms with Crippen molar-refractivity contribution in [1.29, 1.82) is 5.26 Å². The Bertz CT molecular complexity index is 612. The van der Waals surface area contributed by atoms with Crippen molar-refractivity contribution in [3.05, 3.63) is 71.8 Å². The SMILES string of the molecule is N#CC1(C(O)(c2ccccc2)c2ccccc2)CCCCC1. The van der Waals surface area contributed by atoms with E-state index in [9.17, 15) is 10.4 Å². The molecule has 0 amide bonds. The van der Waals surface area contributed by atoms with Crippen molar-refractivity contribution >= 4 is 0 Å². The van der Waals surface area contributed by atoms with Crippen LogP contribution in [-0.2, 0) is 5.60 Å². The van der Waals surface area contributed by atoms with E-state index in [2.05, 4.69) is 6.07 Å². The molecule has 0 spiro atoms. The molecule has 2 nitrogen and oxygen atoms in total. The molecule has 1 fully saturated rings. The van der Waals surface area contributed by atoms with Crippen LogP contribution in [0.2, 0.25) is 0 Å². The summed E-state index contributed by atoms with van der Waals surface area (Å²) in [6, 6.07) is 21.8. The minimum Gasteiger partial charge on any atom is -0.379 e. The van der Waals surface area contributed by atoms with Gasteiger partial charge < -0.3 is 5.11 Å². The molecular formula is C20H21NO. The summed E-state index contributed by atoms with van der Waals surface area (Å²) >= 11 is 0. The van der Waals surface area contributed by atoms with E-state index in [1.165, 1.54) is 0 Å². The summed E-state index contributed by atoms with van der Waals surface area (Å²) in [5, 5.41) is 21.8. The Balaban J connectivity index is 2.22. The number of hydrogen-bond acceptors (Lipinski definition) is 2. The van der Waals surface area contributed by atoms with E-state index in [0.717, 1.165) is 43.2 Å². The largest absolute Gasteiger partial charge is 0.379 e. The number of aliphatic hydroxyl groups is 1. The van der Waals surface area contributed by atoms with Crippen LogP contribution in [0.1, 0.15) is 43.2 Å². The molecule has 2 aromatic rings. The van der Waals surface area contributed by atoms with E-state index in [0.29, 0.717) is 0 Å². The molecule has 0 saturated heterocycles. The molecule has 112 valence electrons. The molecule has 1 N–H and O–H groups in total. The van der Waals surface area contributed by atoms with Gasteiger partial charge in [0.25, 0.3) is 0 Å². The molecule has 22 heavy (non-hydrogen) atoms. The predicted octanol–water partition coefficient (Wildman–Crippen LogP) is 4.40. The topological polar surface area (TPSA) is 44.0 Å². The number of rotatable bonds is 3. The molecule has 3 rings (SSSR count). The van der Waals surface area contributed by atoms with Gasteiger partial charge >= 0.3 is 0 Å². The zero-order valence-corrected chi connectivity index (χ0v) is 12.7. The summed E-state index contributed by atoms with van der Waals surface area (Å²) in [7, 11) is 0. The van der Waals surface area contributed by atoms with Gasteiger partial charge in [0.15, 0.2) is 0 Å². The fraction of sp³-hybridized carbons (Fsp3) is 0.350. The van der Waals surface area contributed by atoms with Crippen LogP contribution >= 0.6 is 0 Å². The molecule has 0 bridgehead atoms. The van der Waals surface area contributed by atoms with Gasteiger partial charge in [0.05, 0.1) is 11.5 Å². The minimum absolute atomic E-state index is 0.740. The number of nitrogens with zero attached hydrogens (tertiary/aromatic N) is 1. The summed E-state index contributed by atoms with van der Waals surface area (Å²) in [5.74, 6) is 0. The van der Waals surface area contributed by atoms with E-state index < -0.39 is 11.0 Å². The molecule has 1 saturated carbocycles. The lowest BCUT2D eigenvalue weighted by Crippen LogP contribution is -2.47. The lowest BCUT2D eigenvalue weighted by molar-refractivity contribution is -0.0440. The Morgan fingerprint density at radius 1 is 0.818 bits per heavy atom. The molecule has 0 aromatic heterocycles. The van der Waals surface area contributed by atoms with E-state index >= 15 is 0 Å². The van der Waals surface area contributed by atoms with Crippen molar-refractivity contribution in [3.63, 3.8) is 0 Å². The first-order valence-electron chi connectivity index (χ1n) is 7.98. The summed E-state index contributed by atoms with van der Waals surface area (Å²) in [6.07, 6.45) is 4.61. The lowest BCUT2D eigenvalue weighted by atomic mass is 9.59. The average molecular weight is 291 g/mol. The molecule has 0 aliphatic heterocycles. The van der Waals surface area contributed by atoms with Crippen molar-refractivity contribution in [1.82, 2.24) is 0 Å². The molecule has 0 heterocycles. The molecule has 1 aliphatic rings. The van der Waals surface area contributed by atoms with Gasteiger partial charge in [-0.1, -0.05) is 79.9 Å². The standard InChI is InChI=1S/C20H21NO/c21-16-19(14-8-3-9-15-19)20(22,17-10-4-1-5-11-17)18-12-6-2-7-13-18/h1-2,4-7,10-13,22H,3,8-9,14-15H2. The predicted molar refractivity (Wildman–Crippen MR) is 87.0 cm³/mol. The first-order chi connectivity index (χ1) is 10.7. The van der Waals surface area contributed by atoms with E-state index in [1.54, 1.807) is 0 Å². The van der Waals surface area contributed by atoms with Gasteiger partial charge in [-0.2, -0.15) is 5.26 Å². The highest BCUT2D eigenvalue weighted by Crippen LogP contribution is 2.52. The second-order valence-corrected chi connectivity index (χ2v) is 6.20. The van der Waals surface area contributed by atoms with Crippen LogP contribution in [0.15, 0.2) is 60.7 Å². The fourth-order valence-corrected chi connectivity index (χ4v) is 3.79. The monoisotopic (exact) mass is 291 g/mol. The van der Waals surface area contributed by atoms with E-state index in [4.69, 9.17) is 0 Å². The Kier molecular flexibility index (Phi) is 4.00. The van der Waals surface area contributed by atoms with Crippen LogP contribution in [0.5, 0.6) is 0 Å². The van der Waals surface area contributed by atoms with E-state index in [1.807, 2.05) is 60.7 Å². The maximum absolute atomic E-state index is 11.8. The maximum atomic E-state index is 11.8. The van der Waals surface area contributed by atoms with Crippen molar-refractivity contribution in [2.75, 3.05) is 0 Å². The van der Waals surface area contributed by atoms with Crippen LogP contribution in [-0.4, -0.2) is 5.11 Å². The summed E-state index contributed by atoms with van der Waals surface area (Å²) in [6.45, 7) is 0. The highest BCUT2D eigenvalue weighted by Gasteiger charge is 2.53. The van der Waals surface area contributed by atoms with Crippen LogP contribution in [0.3, 0.4) is 0 Å². The summed E-state index contributed by atoms with van der Waals surface area (Å²) < 4.78 is 0. The normalized spacial score (nSPS) is 17.6. The van der Waals surface area contributed by atoms with Crippen LogP contribution in [0, 0.1) is 16.7 Å². The van der Waals surface area contributed by atoms with Crippen molar-refractivity contribution in [3.8, 4) is 6.07 Å². The third kappa shape index (κ3) is 2.23. The molecule has 1 aliphatic carbocycles. The molecule has 0 unspecified atom stereocenters. The Morgan fingerprint density at radius 3 is 1.68 bits per heavy atom. The molecule has 0 radical (unpaired) electrons. The maximum Gasteiger partial charge on any atom is 0.133 e. The Hall–Kier alpha value is -2.11. The van der Waals surface area contributed by atoms with Crippen LogP contribution in [0.25, 0.3) is 0 Å². The first kappa shape index (κ1) is 14.8. The van der Waals surface area contributed by atoms with Gasteiger partial charge in [0, 0.05) is 0 Å². The molecular weight excluding hydrogens is 270 g/mol. The second-order valence-electron chi connectivity index (χ2n) is 6.20.